The molecule has 0 radical (unpaired) electrons. The monoisotopic (exact) mass is 1970 g/mol. The van der Waals surface area contributed by atoms with Crippen molar-refractivity contribution in [3.05, 3.63) is 245 Å². The Morgan fingerprint density at radius 2 is 0.814 bits per heavy atom. The summed E-state index contributed by atoms with van der Waals surface area (Å²) in [6.45, 7) is 7.63. The minimum atomic E-state index is -3.76. The third kappa shape index (κ3) is 33.8. The number of carbonyl (C=O) groups excluding carboxylic acids is 5. The Balaban J connectivity index is 0.000000179. The van der Waals surface area contributed by atoms with E-state index >= 15 is 0 Å². The minimum Gasteiger partial charge on any atom is -0.481 e. The van der Waals surface area contributed by atoms with Gasteiger partial charge < -0.3 is 92.9 Å². The number of aliphatic carboxylic acids is 1. The molecule has 0 aliphatic heterocycles. The molecule has 140 heavy (non-hydrogen) atoms. The van der Waals surface area contributed by atoms with Gasteiger partial charge in [0, 0.05) is 94.0 Å². The summed E-state index contributed by atoms with van der Waals surface area (Å²) in [5.74, 6) is 1.78. The fraction of sp³-hybridized carbons (Fsp3) is 0.290. The third-order valence-corrected chi connectivity index (χ3v) is 24.9. The van der Waals surface area contributed by atoms with E-state index in [1.807, 2.05) is 72.8 Å². The number of sulfonamides is 2. The normalized spacial score (nSPS) is 11.2. The molecular weight excluding hydrogens is 1870 g/mol. The molecule has 20 N–H and O–H groups in total. The predicted molar refractivity (Wildman–Crippen MR) is 518 cm³/mol. The van der Waals surface area contributed by atoms with Crippen molar-refractivity contribution in [2.24, 2.45) is 11.5 Å². The molecule has 9 aromatic heterocycles. The molecule has 0 atom stereocenters. The summed E-state index contributed by atoms with van der Waals surface area (Å²) in [5.41, 5.74) is 44.7. The number of amides is 2. The van der Waals surface area contributed by atoms with Crippen LogP contribution in [-0.2, 0) is 110 Å². The molecule has 9 heterocycles. The number of H-pyrrole nitrogens is 3. The lowest BCUT2D eigenvalue weighted by molar-refractivity contribution is -0.138. The Bertz CT molecular complexity index is 7000. The van der Waals surface area contributed by atoms with Gasteiger partial charge in [0.2, 0.25) is 47.3 Å². The molecule has 736 valence electrons. The second kappa shape index (κ2) is 51.2. The summed E-state index contributed by atoms with van der Waals surface area (Å²) in [7, 11) is -11.0. The third-order valence-electron chi connectivity index (χ3n) is 20.5. The zero-order valence-electron chi connectivity index (χ0n) is 76.6. The van der Waals surface area contributed by atoms with Gasteiger partial charge in [0.05, 0.1) is 45.8 Å². The van der Waals surface area contributed by atoms with Crippen molar-refractivity contribution in [2.75, 3.05) is 50.8 Å². The van der Waals surface area contributed by atoms with Crippen LogP contribution in [-0.4, -0.2) is 154 Å². The van der Waals surface area contributed by atoms with Gasteiger partial charge in [-0.1, -0.05) is 113 Å². The molecule has 2 amide bonds. The van der Waals surface area contributed by atoms with Gasteiger partial charge in [-0.15, -0.1) is 0 Å². The smallest absolute Gasteiger partial charge is 0.303 e. The van der Waals surface area contributed by atoms with Crippen LogP contribution in [0.3, 0.4) is 0 Å². The Kier molecular flexibility index (Phi) is 38.2. The largest absolute Gasteiger partial charge is 0.481 e. The van der Waals surface area contributed by atoms with E-state index in [1.165, 1.54) is 79.6 Å². The van der Waals surface area contributed by atoms with Crippen LogP contribution in [0.2, 0.25) is 0 Å². The second-order valence-electron chi connectivity index (χ2n) is 31.8. The first-order chi connectivity index (χ1) is 67.2. The number of carbonyl (C=O) groups is 6. The second-order valence-corrected chi connectivity index (χ2v) is 37.1. The molecule has 0 fully saturated rings. The van der Waals surface area contributed by atoms with Crippen LogP contribution in [0.25, 0.3) is 33.5 Å². The molecule has 0 aliphatic rings. The van der Waals surface area contributed by atoms with E-state index in [1.54, 1.807) is 51.1 Å². The van der Waals surface area contributed by atoms with Gasteiger partial charge in [0.25, 0.3) is 20.0 Å². The maximum Gasteiger partial charge on any atom is 0.303 e. The van der Waals surface area contributed by atoms with Gasteiger partial charge in [0.1, 0.15) is 76.8 Å². The maximum atomic E-state index is 12.6. The van der Waals surface area contributed by atoms with E-state index in [0.717, 1.165) is 71.0 Å². The van der Waals surface area contributed by atoms with E-state index in [-0.39, 0.29) is 118 Å². The van der Waals surface area contributed by atoms with Crippen molar-refractivity contribution in [1.82, 2.24) is 80.6 Å². The van der Waals surface area contributed by atoms with Crippen LogP contribution in [0.5, 0.6) is 17.6 Å². The fourth-order valence-corrected chi connectivity index (χ4v) is 16.4. The highest BCUT2D eigenvalue weighted by Crippen LogP contribution is 2.28. The number of nitrogen functional groups attached to an aromatic ring is 4. The van der Waals surface area contributed by atoms with Gasteiger partial charge in [-0.25, -0.2) is 40.2 Å². The van der Waals surface area contributed by atoms with Crippen molar-refractivity contribution in [3.63, 3.8) is 0 Å². The summed E-state index contributed by atoms with van der Waals surface area (Å²) in [4.78, 5) is 117. The zero-order chi connectivity index (χ0) is 100. The highest BCUT2D eigenvalue weighted by Gasteiger charge is 2.23. The standard InChI is InChI=1S/C36H41N7O7S.C18H19N5O4.C16H22N4O4S.C13H14N6O.C10H11N3O3S/c1-24-19-28(43-50-24)22-51(47,48)31-15-11-26(12-16-31)20-30(45)5-3-2-4-18-38-32(46)17-14-29(44)13-10-25-6-8-27(9-7-25)21-49-35-33-34(40-23-39-33)41-36(37)42-35;19-18-22-16-15(20-10-21-16)17(23-18)27-9-12-3-1-11(2-4-12)5-6-13(24)7-8-14(25)26;1-12-11-15(19-24-12)20-25(22,23)14-8-6-13(7-9-14)18-16(21)5-3-2-4-10-17;14-5-8-1-3-9(4-2-8)6-20-12-10-11(17-7-16-10)18-13(15)19-12;1-7-6-10(12-16-7)13-17(14,15)9-4-2-8(11)3-5-9/h6-9,11-12,15-16,19,23H,2-5,10,13-14,17-18,20-22H2,1H3,(H,38,46)(H3,37,39,40,41,42);1-4,10H,5-9H2,(H,25,26)(H3,19,20,21,22,23);6-9,11H,2-5,10,17H2,1H3,(H,18,21)(H,19,20);1-4,7H,5-6,14H2,(H3,15,16,17,18,19);2-6H,11H2,1H3,(H,12,13). The number of ketones is 3. The SMILES string of the molecule is Cc1cc(CS(=O)(=O)c2ccc(CC(=O)CCCCCNC(=O)CCC(=O)CCc3ccc(COc4nc(N)nc5nc[nH]c45)cc3)cc2)no1.Cc1cc(NS(=O)(=O)c2ccc(N)cc2)no1.Cc1cc(NS(=O)(=O)c2ccc(NC(=O)CCCCCN)cc2)no1.NCc1ccc(COc2nc(N)nc3nc[nH]c23)cc1.Nc1nc(OCc2ccc(CCC(=O)CCC(=O)O)cc2)c2[nH]cnc2n1. The molecular formula is C93H107N25O19S3. The zero-order valence-corrected chi connectivity index (χ0v) is 79.1. The lowest BCUT2D eigenvalue weighted by Crippen LogP contribution is -2.24. The number of Topliss-reactive ketones (excluding diaryl/α,β-unsaturated/α-hetero) is 3. The molecule has 0 saturated heterocycles. The number of aromatic nitrogens is 15. The molecule has 0 unspecified atom stereocenters. The van der Waals surface area contributed by atoms with Gasteiger partial charge in [-0.05, 0) is 165 Å². The maximum absolute atomic E-state index is 12.6. The predicted octanol–water partition coefficient (Wildman–Crippen LogP) is 11.0. The van der Waals surface area contributed by atoms with Crippen LogP contribution < -0.4 is 68.7 Å². The number of anilines is 7. The number of hydrogen-bond acceptors (Lipinski definition) is 36. The van der Waals surface area contributed by atoms with Crippen molar-refractivity contribution in [1.29, 1.82) is 0 Å². The Labute approximate surface area is 803 Å². The van der Waals surface area contributed by atoms with E-state index < -0.39 is 35.9 Å². The van der Waals surface area contributed by atoms with E-state index in [2.05, 4.69) is 95.4 Å². The average Bonchev–Trinajstić information content (AvgIpc) is 1.67. The molecule has 44 nitrogen and oxygen atoms in total. The van der Waals surface area contributed by atoms with Crippen molar-refractivity contribution >= 4 is 139 Å². The molecule has 15 aromatic rings. The van der Waals surface area contributed by atoms with Crippen LogP contribution in [0, 0.1) is 20.8 Å². The summed E-state index contributed by atoms with van der Waals surface area (Å²) < 4.78 is 110. The summed E-state index contributed by atoms with van der Waals surface area (Å²) in [5, 5.41) is 25.1. The Hall–Kier alpha value is -16.0. The number of aromatic amines is 3. The molecule has 0 spiro atoms. The molecule has 6 aromatic carbocycles. The lowest BCUT2D eigenvalue weighted by atomic mass is 10.0. The van der Waals surface area contributed by atoms with Crippen LogP contribution in [0.1, 0.15) is 152 Å². The van der Waals surface area contributed by atoms with E-state index in [0.29, 0.717) is 163 Å². The number of benzene rings is 6. The first-order valence-electron chi connectivity index (χ1n) is 44.1. The van der Waals surface area contributed by atoms with Crippen LogP contribution in [0.4, 0.5) is 40.9 Å². The van der Waals surface area contributed by atoms with Gasteiger partial charge in [-0.2, -0.15) is 29.9 Å². The number of nitrogens with two attached hydrogens (primary N) is 6. The Morgan fingerprint density at radius 1 is 0.407 bits per heavy atom. The molecule has 15 rings (SSSR count). The average molecular weight is 1980 g/mol. The number of imidazole rings is 3. The van der Waals surface area contributed by atoms with Crippen molar-refractivity contribution < 1.29 is 86.9 Å². The van der Waals surface area contributed by atoms with Crippen molar-refractivity contribution in [2.45, 2.75) is 177 Å². The molecule has 0 bridgehead atoms. The number of fused-ring (bicyclic) bond motifs is 3. The lowest BCUT2D eigenvalue weighted by Gasteiger charge is -2.08. The number of nitrogens with one attached hydrogen (secondary N) is 7. The number of rotatable bonds is 45. The minimum absolute atomic E-state index is 0.0267. The number of sulfone groups is 1. The number of carboxylic acids is 1. The summed E-state index contributed by atoms with van der Waals surface area (Å²) in [6.07, 6.45) is 12.5. The number of unbranched alkanes of at least 4 members (excludes halogenated alkanes) is 4. The van der Waals surface area contributed by atoms with E-state index in [9.17, 15) is 54.0 Å². The molecule has 0 saturated carbocycles. The van der Waals surface area contributed by atoms with Gasteiger partial charge >= 0.3 is 5.97 Å². The number of ether oxygens (including phenoxy) is 3. The molecule has 47 heteroatoms. The number of aryl methyl sites for hydroxylation is 5. The Morgan fingerprint density at radius 3 is 1.24 bits per heavy atom. The van der Waals surface area contributed by atoms with Gasteiger partial charge in [-0.3, -0.25) is 38.2 Å². The number of hydrogen-bond donors (Lipinski definition) is 14. The highest BCUT2D eigenvalue weighted by atomic mass is 32.2. The summed E-state index contributed by atoms with van der Waals surface area (Å²) >= 11 is 0. The van der Waals surface area contributed by atoms with Crippen LogP contribution in [0.15, 0.2) is 211 Å². The van der Waals surface area contributed by atoms with Gasteiger partial charge in [0.15, 0.2) is 38.4 Å². The quantitative estimate of drug-likeness (QED) is 0.0124. The van der Waals surface area contributed by atoms with Crippen LogP contribution >= 0.6 is 0 Å². The first kappa shape index (κ1) is 104. The number of nitrogens with zero attached hydrogens (tertiary/aromatic N) is 12. The first-order valence-corrected chi connectivity index (χ1v) is 48.7. The number of carboxylic acid groups (broad SMARTS) is 1. The molecule has 0 aliphatic carbocycles. The summed E-state index contributed by atoms with van der Waals surface area (Å²) in [6, 6.07) is 46.0. The van der Waals surface area contributed by atoms with Crippen molar-refractivity contribution in [3.8, 4) is 17.6 Å². The highest BCUT2D eigenvalue weighted by molar-refractivity contribution is 7.93. The van der Waals surface area contributed by atoms with E-state index in [4.69, 9.17) is 67.3 Å². The topological polar surface area (TPSA) is 698 Å². The fourth-order valence-electron chi connectivity index (χ4n) is 13.2.